The number of halogens is 5. The third kappa shape index (κ3) is 9.85. The minimum absolute atomic E-state index is 0.0902. The highest BCUT2D eigenvalue weighted by atomic mass is 35.5. The van der Waals surface area contributed by atoms with Gasteiger partial charge in [-0.2, -0.15) is 0 Å². The van der Waals surface area contributed by atoms with Gasteiger partial charge in [0.15, 0.2) is 6.10 Å². The quantitative estimate of drug-likeness (QED) is 0.146. The van der Waals surface area contributed by atoms with Crippen LogP contribution < -0.4 is 4.74 Å². The van der Waals surface area contributed by atoms with Crippen molar-refractivity contribution in [3.63, 3.8) is 0 Å². The molecule has 11 heteroatoms. The van der Waals surface area contributed by atoms with E-state index in [2.05, 4.69) is 4.74 Å². The largest absolute Gasteiger partial charge is 0.573 e. The summed E-state index contributed by atoms with van der Waals surface area (Å²) in [5.74, 6) is -1.23. The minimum atomic E-state index is -4.72. The number of rotatable bonds is 10. The smallest absolute Gasteiger partial charge is 0.481 e. The molecule has 1 atom stereocenters. The lowest BCUT2D eigenvalue weighted by Gasteiger charge is -2.10. The molecular weight excluding hydrogens is 558 g/mol. The van der Waals surface area contributed by atoms with E-state index in [-0.39, 0.29) is 11.5 Å². The SMILES string of the molecule is C/C=C/Cn1c(C)c(Sc2ccc(Cl)cc2)c2ccc(OC(F)(F)F)cc21.CC/C=C(\CF)OC(C)C(=O)O. The number of hydrogen-bond acceptors (Lipinski definition) is 4. The number of benzene rings is 2. The lowest BCUT2D eigenvalue weighted by Crippen LogP contribution is -2.20. The van der Waals surface area contributed by atoms with E-state index in [9.17, 15) is 22.4 Å². The zero-order valence-corrected chi connectivity index (χ0v) is 23.5. The normalized spacial score (nSPS) is 12.8. The summed E-state index contributed by atoms with van der Waals surface area (Å²) in [6, 6.07) is 11.9. The summed E-state index contributed by atoms with van der Waals surface area (Å²) < 4.78 is 60.7. The molecule has 0 fully saturated rings. The number of hydrogen-bond donors (Lipinski definition) is 1. The Morgan fingerprint density at radius 1 is 1.21 bits per heavy atom. The maximum atomic E-state index is 12.6. The Hall–Kier alpha value is -3.11. The van der Waals surface area contributed by atoms with Crippen LogP contribution in [-0.4, -0.2) is 34.8 Å². The van der Waals surface area contributed by atoms with Crippen LogP contribution in [0.5, 0.6) is 5.75 Å². The predicted molar refractivity (Wildman–Crippen MR) is 146 cm³/mol. The summed E-state index contributed by atoms with van der Waals surface area (Å²) in [6.45, 7) is 6.86. The third-order valence-corrected chi connectivity index (χ3v) is 6.75. The zero-order chi connectivity index (χ0) is 29.2. The van der Waals surface area contributed by atoms with Gasteiger partial charge in [0.1, 0.15) is 18.2 Å². The van der Waals surface area contributed by atoms with Gasteiger partial charge in [-0.15, -0.1) is 13.2 Å². The van der Waals surface area contributed by atoms with Crippen molar-refractivity contribution in [2.24, 2.45) is 0 Å². The molecule has 1 unspecified atom stereocenters. The summed E-state index contributed by atoms with van der Waals surface area (Å²) in [4.78, 5) is 12.3. The van der Waals surface area contributed by atoms with E-state index in [0.29, 0.717) is 23.5 Å². The van der Waals surface area contributed by atoms with Gasteiger partial charge in [-0.1, -0.05) is 42.4 Å². The average Bonchev–Trinajstić information content (AvgIpc) is 3.12. The summed E-state index contributed by atoms with van der Waals surface area (Å²) >= 11 is 7.50. The Morgan fingerprint density at radius 2 is 1.87 bits per heavy atom. The summed E-state index contributed by atoms with van der Waals surface area (Å²) in [7, 11) is 0. The molecule has 0 spiro atoms. The number of fused-ring (bicyclic) bond motifs is 1. The first-order valence-electron chi connectivity index (χ1n) is 12.0. The topological polar surface area (TPSA) is 60.7 Å². The Bertz CT molecular complexity index is 1300. The molecule has 1 N–H and O–H groups in total. The first kappa shape index (κ1) is 32.1. The van der Waals surface area contributed by atoms with Crippen molar-refractivity contribution in [3.05, 3.63) is 77.2 Å². The monoisotopic (exact) mass is 587 g/mol. The Morgan fingerprint density at radius 3 is 2.41 bits per heavy atom. The molecule has 5 nitrogen and oxygen atoms in total. The second-order valence-corrected chi connectivity index (χ2v) is 9.71. The first-order chi connectivity index (χ1) is 18.4. The van der Waals surface area contributed by atoms with E-state index in [1.807, 2.05) is 61.8 Å². The van der Waals surface area contributed by atoms with Gasteiger partial charge >= 0.3 is 12.3 Å². The first-order valence-corrected chi connectivity index (χ1v) is 13.2. The predicted octanol–water partition coefficient (Wildman–Crippen LogP) is 8.97. The van der Waals surface area contributed by atoms with Crippen LogP contribution in [0.1, 0.15) is 32.9 Å². The Labute approximate surface area is 234 Å². The highest BCUT2D eigenvalue weighted by Crippen LogP contribution is 2.40. The van der Waals surface area contributed by atoms with Gasteiger partial charge < -0.3 is 19.1 Å². The van der Waals surface area contributed by atoms with E-state index in [1.54, 1.807) is 17.8 Å². The number of allylic oxidation sites excluding steroid dienone is 4. The number of carboxylic acid groups (broad SMARTS) is 1. The molecule has 2 aromatic carbocycles. The molecule has 1 aromatic heterocycles. The van der Waals surface area contributed by atoms with Crippen LogP contribution in [0.15, 0.2) is 76.2 Å². The van der Waals surface area contributed by atoms with Gasteiger partial charge in [-0.3, -0.25) is 0 Å². The molecule has 212 valence electrons. The molecule has 0 amide bonds. The van der Waals surface area contributed by atoms with Gasteiger partial charge in [0.25, 0.3) is 0 Å². The van der Waals surface area contributed by atoms with Crippen molar-refractivity contribution in [1.82, 2.24) is 4.57 Å². The van der Waals surface area contributed by atoms with E-state index in [1.165, 1.54) is 25.1 Å². The standard InChI is InChI=1S/C20H17ClF3NOS.C8H13FO3/c1-3-4-11-25-13(2)19(27-16-8-5-14(21)6-9-16)17-10-7-15(12-18(17)25)26-20(22,23)24;1-3-4-7(5-9)12-6(2)8(10)11/h3-10,12H,11H2,1-2H3;4,6H,3,5H2,1-2H3,(H,10,11)/b4-3+;7-4+. The highest BCUT2D eigenvalue weighted by Gasteiger charge is 2.31. The number of nitrogens with zero attached hydrogens (tertiary/aromatic N) is 1. The number of aromatic nitrogens is 1. The number of aliphatic carboxylic acids is 1. The fourth-order valence-electron chi connectivity index (χ4n) is 3.46. The molecule has 0 saturated heterocycles. The van der Waals surface area contributed by atoms with Crippen molar-refractivity contribution >= 4 is 40.2 Å². The van der Waals surface area contributed by atoms with E-state index < -0.39 is 25.1 Å². The van der Waals surface area contributed by atoms with Gasteiger partial charge in [-0.25, -0.2) is 9.18 Å². The maximum Gasteiger partial charge on any atom is 0.573 e. The number of carboxylic acids is 1. The molecule has 0 saturated carbocycles. The van der Waals surface area contributed by atoms with Crippen LogP contribution in [-0.2, 0) is 16.1 Å². The van der Waals surface area contributed by atoms with Crippen molar-refractivity contribution in [1.29, 1.82) is 0 Å². The van der Waals surface area contributed by atoms with Crippen LogP contribution in [0.3, 0.4) is 0 Å². The second-order valence-electron chi connectivity index (χ2n) is 8.19. The molecule has 0 aliphatic rings. The lowest BCUT2D eigenvalue weighted by molar-refractivity contribution is -0.274. The summed E-state index contributed by atoms with van der Waals surface area (Å²) in [5, 5.41) is 9.95. The Balaban J connectivity index is 0.000000377. The molecule has 3 aromatic rings. The van der Waals surface area contributed by atoms with Gasteiger partial charge in [0, 0.05) is 38.5 Å². The van der Waals surface area contributed by atoms with Gasteiger partial charge in [0.05, 0.1) is 5.52 Å². The van der Waals surface area contributed by atoms with Crippen molar-refractivity contribution in [2.45, 2.75) is 62.9 Å². The molecule has 0 bridgehead atoms. The zero-order valence-electron chi connectivity index (χ0n) is 21.9. The van der Waals surface area contributed by atoms with E-state index >= 15 is 0 Å². The Kier molecular flexibility index (Phi) is 12.3. The van der Waals surface area contributed by atoms with E-state index in [0.717, 1.165) is 20.9 Å². The van der Waals surface area contributed by atoms with Crippen LogP contribution in [0.2, 0.25) is 5.02 Å². The van der Waals surface area contributed by atoms with Crippen LogP contribution >= 0.6 is 23.4 Å². The molecular formula is C28H30ClF4NO4S. The second kappa shape index (κ2) is 14.9. The molecule has 0 radical (unpaired) electrons. The van der Waals surface area contributed by atoms with Crippen molar-refractivity contribution in [2.75, 3.05) is 6.67 Å². The fraction of sp³-hybridized carbons (Fsp3) is 0.321. The van der Waals surface area contributed by atoms with Gasteiger partial charge in [0.2, 0.25) is 0 Å². The summed E-state index contributed by atoms with van der Waals surface area (Å²) in [5.41, 5.74) is 1.68. The van der Waals surface area contributed by atoms with E-state index in [4.69, 9.17) is 21.4 Å². The molecule has 39 heavy (non-hydrogen) atoms. The number of ether oxygens (including phenoxy) is 2. The maximum absolute atomic E-state index is 12.6. The fourth-order valence-corrected chi connectivity index (χ4v) is 4.63. The van der Waals surface area contributed by atoms with Crippen molar-refractivity contribution < 1.29 is 36.9 Å². The molecule has 0 aliphatic heterocycles. The molecule has 3 rings (SSSR count). The minimum Gasteiger partial charge on any atom is -0.481 e. The highest BCUT2D eigenvalue weighted by molar-refractivity contribution is 7.99. The number of carbonyl (C=O) groups is 1. The lowest BCUT2D eigenvalue weighted by atomic mass is 10.2. The van der Waals surface area contributed by atoms with Gasteiger partial charge in [-0.05, 0) is 69.7 Å². The van der Waals surface area contributed by atoms with Crippen molar-refractivity contribution in [3.8, 4) is 5.75 Å². The summed E-state index contributed by atoms with van der Waals surface area (Å²) in [6.07, 6.45) is 0.321. The third-order valence-electron chi connectivity index (χ3n) is 5.27. The average molecular weight is 588 g/mol. The molecule has 0 aliphatic carbocycles. The van der Waals surface area contributed by atoms with Crippen LogP contribution in [0.4, 0.5) is 17.6 Å². The molecule has 1 heterocycles. The van der Waals surface area contributed by atoms with Crippen LogP contribution in [0.25, 0.3) is 10.9 Å². The number of alkyl halides is 4. The van der Waals surface area contributed by atoms with Crippen LogP contribution in [0, 0.1) is 6.92 Å².